The molecule has 2 heterocycles. The van der Waals surface area contributed by atoms with Crippen LogP contribution in [-0.4, -0.2) is 22.1 Å². The summed E-state index contributed by atoms with van der Waals surface area (Å²) < 4.78 is 13.7. The topological polar surface area (TPSA) is 65.2 Å². The van der Waals surface area contributed by atoms with E-state index in [0.29, 0.717) is 12.4 Å². The Morgan fingerprint density at radius 3 is 3.20 bits per heavy atom. The summed E-state index contributed by atoms with van der Waals surface area (Å²) in [6.07, 6.45) is 1.66. The van der Waals surface area contributed by atoms with E-state index in [1.54, 1.807) is 25.3 Å². The van der Waals surface area contributed by atoms with Crippen molar-refractivity contribution in [1.82, 2.24) is 9.53 Å². The van der Waals surface area contributed by atoms with Gasteiger partial charge in [-0.2, -0.15) is 0 Å². The summed E-state index contributed by atoms with van der Waals surface area (Å²) in [6, 6.07) is 3.34. The number of aromatic nitrogens is 2. The van der Waals surface area contributed by atoms with Gasteiger partial charge < -0.3 is 9.26 Å². The van der Waals surface area contributed by atoms with E-state index in [9.17, 15) is 4.79 Å². The number of carbonyl (C=O) groups excluding carboxylic acids is 1. The third-order valence-corrected chi connectivity index (χ3v) is 2.44. The number of hydrogen-bond acceptors (Lipinski definition) is 6. The van der Waals surface area contributed by atoms with Crippen LogP contribution in [0.3, 0.4) is 0 Å². The Bertz CT molecular complexity index is 450. The summed E-state index contributed by atoms with van der Waals surface area (Å²) in [7, 11) is 0. The lowest BCUT2D eigenvalue weighted by Crippen LogP contribution is -2.04. The highest BCUT2D eigenvalue weighted by Gasteiger charge is 2.14. The standard InChI is InChI=1S/C9H8N2O3S/c1-2-13-9(12)6-5-7(14-11-6)8-3-4-10-15-8/h3-5H,2H2,1H3. The van der Waals surface area contributed by atoms with Crippen LogP contribution in [0.25, 0.3) is 10.6 Å². The molecule has 5 nitrogen and oxygen atoms in total. The molecule has 0 unspecified atom stereocenters. The molecule has 0 atom stereocenters. The van der Waals surface area contributed by atoms with Crippen LogP contribution in [-0.2, 0) is 4.74 Å². The maximum Gasteiger partial charge on any atom is 0.360 e. The molecule has 6 heteroatoms. The highest BCUT2D eigenvalue weighted by atomic mass is 32.1. The minimum absolute atomic E-state index is 0.181. The zero-order chi connectivity index (χ0) is 10.7. The first-order valence-electron chi connectivity index (χ1n) is 4.36. The summed E-state index contributed by atoms with van der Waals surface area (Å²) in [5, 5.41) is 3.62. The Hall–Kier alpha value is -1.69. The second-order valence-electron chi connectivity index (χ2n) is 2.67. The van der Waals surface area contributed by atoms with E-state index in [0.717, 1.165) is 4.88 Å². The molecule has 2 aromatic heterocycles. The molecule has 15 heavy (non-hydrogen) atoms. The van der Waals surface area contributed by atoms with Crippen LogP contribution in [0.2, 0.25) is 0 Å². The van der Waals surface area contributed by atoms with Gasteiger partial charge in [-0.3, -0.25) is 0 Å². The lowest BCUT2D eigenvalue weighted by molar-refractivity contribution is 0.0514. The third kappa shape index (κ3) is 2.04. The van der Waals surface area contributed by atoms with Crippen molar-refractivity contribution in [2.75, 3.05) is 6.61 Å². The van der Waals surface area contributed by atoms with E-state index >= 15 is 0 Å². The number of carbonyl (C=O) groups is 1. The number of hydrogen-bond donors (Lipinski definition) is 0. The zero-order valence-corrected chi connectivity index (χ0v) is 8.78. The van der Waals surface area contributed by atoms with E-state index in [-0.39, 0.29) is 5.69 Å². The fourth-order valence-corrected chi connectivity index (χ4v) is 1.58. The molecular formula is C9H8N2O3S. The molecule has 2 rings (SSSR count). The summed E-state index contributed by atoms with van der Waals surface area (Å²) >= 11 is 1.28. The van der Waals surface area contributed by atoms with E-state index in [2.05, 4.69) is 9.53 Å². The normalized spacial score (nSPS) is 10.2. The summed E-state index contributed by atoms with van der Waals surface area (Å²) in [4.78, 5) is 12.1. The minimum Gasteiger partial charge on any atom is -0.461 e. The Kier molecular flexibility index (Phi) is 2.77. The van der Waals surface area contributed by atoms with E-state index in [1.807, 2.05) is 0 Å². The second-order valence-corrected chi connectivity index (χ2v) is 3.51. The van der Waals surface area contributed by atoms with Crippen molar-refractivity contribution < 1.29 is 14.1 Å². The molecular weight excluding hydrogens is 216 g/mol. The molecule has 0 bridgehead atoms. The van der Waals surface area contributed by atoms with Crippen LogP contribution in [0.1, 0.15) is 17.4 Å². The van der Waals surface area contributed by atoms with Crippen molar-refractivity contribution in [2.45, 2.75) is 6.92 Å². The summed E-state index contributed by atoms with van der Waals surface area (Å²) in [6.45, 7) is 2.06. The molecule has 0 fully saturated rings. The predicted molar refractivity (Wildman–Crippen MR) is 53.6 cm³/mol. The van der Waals surface area contributed by atoms with Gasteiger partial charge in [0.05, 0.1) is 11.5 Å². The molecule has 0 aromatic carbocycles. The largest absolute Gasteiger partial charge is 0.461 e. The van der Waals surface area contributed by atoms with Crippen LogP contribution >= 0.6 is 11.5 Å². The van der Waals surface area contributed by atoms with Gasteiger partial charge in [-0.1, -0.05) is 5.16 Å². The van der Waals surface area contributed by atoms with Gasteiger partial charge in [-0.15, -0.1) is 0 Å². The van der Waals surface area contributed by atoms with Crippen molar-refractivity contribution in [2.24, 2.45) is 0 Å². The Labute approximate surface area is 89.8 Å². The first-order chi connectivity index (χ1) is 7.31. The maximum absolute atomic E-state index is 11.3. The lowest BCUT2D eigenvalue weighted by atomic mass is 10.3. The van der Waals surface area contributed by atoms with Crippen molar-refractivity contribution in [3.8, 4) is 10.6 Å². The monoisotopic (exact) mass is 224 g/mol. The van der Waals surface area contributed by atoms with Crippen molar-refractivity contribution in [1.29, 1.82) is 0 Å². The van der Waals surface area contributed by atoms with Gasteiger partial charge in [0.25, 0.3) is 0 Å². The third-order valence-electron chi connectivity index (χ3n) is 1.68. The molecule has 0 amide bonds. The highest BCUT2D eigenvalue weighted by molar-refractivity contribution is 7.09. The average molecular weight is 224 g/mol. The molecule has 0 aliphatic heterocycles. The molecule has 0 aliphatic rings. The Morgan fingerprint density at radius 1 is 1.67 bits per heavy atom. The summed E-state index contributed by atoms with van der Waals surface area (Å²) in [5.41, 5.74) is 0.181. The van der Waals surface area contributed by atoms with Gasteiger partial charge in [0, 0.05) is 12.3 Å². The SMILES string of the molecule is CCOC(=O)c1cc(-c2ccns2)on1. The van der Waals surface area contributed by atoms with Gasteiger partial charge in [0.1, 0.15) is 0 Å². The smallest absolute Gasteiger partial charge is 0.360 e. The van der Waals surface area contributed by atoms with Crippen LogP contribution in [0.4, 0.5) is 0 Å². The van der Waals surface area contributed by atoms with Gasteiger partial charge in [-0.05, 0) is 24.5 Å². The van der Waals surface area contributed by atoms with E-state index in [1.165, 1.54) is 11.5 Å². The Balaban J connectivity index is 2.21. The quantitative estimate of drug-likeness (QED) is 0.746. The first kappa shape index (κ1) is 9.85. The van der Waals surface area contributed by atoms with E-state index in [4.69, 9.17) is 9.26 Å². The molecule has 0 spiro atoms. The van der Waals surface area contributed by atoms with Crippen molar-refractivity contribution in [3.05, 3.63) is 24.0 Å². The summed E-state index contributed by atoms with van der Waals surface area (Å²) in [5.74, 6) is 0.0533. The zero-order valence-electron chi connectivity index (χ0n) is 7.97. The Morgan fingerprint density at radius 2 is 2.53 bits per heavy atom. The van der Waals surface area contributed by atoms with E-state index < -0.39 is 5.97 Å². The fourth-order valence-electron chi connectivity index (χ4n) is 1.04. The number of ether oxygens (including phenoxy) is 1. The van der Waals surface area contributed by atoms with Gasteiger partial charge in [0.2, 0.25) is 0 Å². The number of rotatable bonds is 3. The van der Waals surface area contributed by atoms with Crippen molar-refractivity contribution >= 4 is 17.5 Å². The molecule has 0 radical (unpaired) electrons. The van der Waals surface area contributed by atoms with Gasteiger partial charge >= 0.3 is 5.97 Å². The van der Waals surface area contributed by atoms with Gasteiger partial charge in [-0.25, -0.2) is 9.17 Å². The van der Waals surface area contributed by atoms with Crippen LogP contribution in [0.15, 0.2) is 22.9 Å². The minimum atomic E-state index is -0.475. The fraction of sp³-hybridized carbons (Fsp3) is 0.222. The lowest BCUT2D eigenvalue weighted by Gasteiger charge is -1.94. The molecule has 0 saturated carbocycles. The van der Waals surface area contributed by atoms with Crippen LogP contribution in [0.5, 0.6) is 0 Å². The molecule has 0 N–H and O–H groups in total. The highest BCUT2D eigenvalue weighted by Crippen LogP contribution is 2.23. The van der Waals surface area contributed by atoms with Crippen LogP contribution in [0, 0.1) is 0 Å². The first-order valence-corrected chi connectivity index (χ1v) is 5.13. The van der Waals surface area contributed by atoms with Gasteiger partial charge in [0.15, 0.2) is 11.5 Å². The number of nitrogens with zero attached hydrogens (tertiary/aromatic N) is 2. The maximum atomic E-state index is 11.3. The van der Waals surface area contributed by atoms with Crippen molar-refractivity contribution in [3.63, 3.8) is 0 Å². The number of esters is 1. The van der Waals surface area contributed by atoms with Crippen LogP contribution < -0.4 is 0 Å². The molecule has 0 saturated heterocycles. The molecule has 2 aromatic rings. The molecule has 0 aliphatic carbocycles. The molecule has 78 valence electrons. The average Bonchev–Trinajstić information content (AvgIpc) is 2.89. The predicted octanol–water partition coefficient (Wildman–Crippen LogP) is 1.97. The second kappa shape index (κ2) is 4.22.